The van der Waals surface area contributed by atoms with Crippen molar-refractivity contribution in [2.24, 2.45) is 5.92 Å². The Morgan fingerprint density at radius 1 is 1.00 bits per heavy atom. The molecule has 0 aromatic heterocycles. The van der Waals surface area contributed by atoms with Crippen molar-refractivity contribution in [2.45, 2.75) is 44.1 Å². The monoisotopic (exact) mass is 450 g/mol. The third-order valence-electron chi connectivity index (χ3n) is 6.77. The molecule has 1 saturated carbocycles. The first-order valence-electron chi connectivity index (χ1n) is 11.5. The van der Waals surface area contributed by atoms with E-state index < -0.39 is 12.1 Å². The van der Waals surface area contributed by atoms with E-state index in [1.54, 1.807) is 7.05 Å². The van der Waals surface area contributed by atoms with Gasteiger partial charge in [-0.3, -0.25) is 9.59 Å². The standard InChI is InChI=1S/C26H30N2O5/c1-28(15-14-24(29)30)25(31)21-12-6-7-13-23(21)27-26(32)33-16-22-19-10-4-2-8-17(19)18-9-3-5-11-20(18)22/h2-5,8-11,21-23H,6-7,12-16H2,1H3,(H,27,32)(H,29,30). The van der Waals surface area contributed by atoms with E-state index in [0.717, 1.165) is 24.0 Å². The van der Waals surface area contributed by atoms with Crippen LogP contribution in [-0.4, -0.2) is 54.2 Å². The maximum absolute atomic E-state index is 12.9. The highest BCUT2D eigenvalue weighted by Crippen LogP contribution is 2.44. The van der Waals surface area contributed by atoms with Gasteiger partial charge >= 0.3 is 12.1 Å². The van der Waals surface area contributed by atoms with Crippen molar-refractivity contribution in [3.63, 3.8) is 0 Å². The SMILES string of the molecule is CN(CCC(=O)O)C(=O)C1CCCCC1NC(=O)OCC1c2ccccc2-c2ccccc21. The average Bonchev–Trinajstić information content (AvgIpc) is 3.15. The number of aliphatic carboxylic acids is 1. The summed E-state index contributed by atoms with van der Waals surface area (Å²) in [5, 5.41) is 11.8. The van der Waals surface area contributed by atoms with Crippen LogP contribution in [-0.2, 0) is 14.3 Å². The first-order valence-corrected chi connectivity index (χ1v) is 11.5. The molecule has 33 heavy (non-hydrogen) atoms. The summed E-state index contributed by atoms with van der Waals surface area (Å²) in [6.07, 6.45) is 2.59. The van der Waals surface area contributed by atoms with Gasteiger partial charge < -0.3 is 20.1 Å². The predicted octanol–water partition coefficient (Wildman–Crippen LogP) is 4.02. The molecule has 2 unspecified atom stereocenters. The second kappa shape index (κ2) is 10.1. The van der Waals surface area contributed by atoms with E-state index >= 15 is 0 Å². The summed E-state index contributed by atoms with van der Waals surface area (Å²) in [5.41, 5.74) is 4.64. The first-order chi connectivity index (χ1) is 16.0. The molecule has 174 valence electrons. The lowest BCUT2D eigenvalue weighted by Gasteiger charge is -2.33. The molecule has 4 rings (SSSR count). The van der Waals surface area contributed by atoms with Gasteiger partial charge in [0.2, 0.25) is 5.91 Å². The smallest absolute Gasteiger partial charge is 0.407 e. The fraction of sp³-hybridized carbons (Fsp3) is 0.423. The van der Waals surface area contributed by atoms with Gasteiger partial charge in [-0.2, -0.15) is 0 Å². The van der Waals surface area contributed by atoms with Crippen molar-refractivity contribution >= 4 is 18.0 Å². The first kappa shape index (κ1) is 22.8. The Bertz CT molecular complexity index is 991. The fourth-order valence-electron chi connectivity index (χ4n) is 5.05. The number of alkyl carbamates (subject to hydrolysis) is 1. The number of nitrogens with one attached hydrogen (secondary N) is 1. The maximum atomic E-state index is 12.9. The number of hydrogen-bond donors (Lipinski definition) is 2. The molecular weight excluding hydrogens is 420 g/mol. The summed E-state index contributed by atoms with van der Waals surface area (Å²) in [5.74, 6) is -1.45. The van der Waals surface area contributed by atoms with Gasteiger partial charge in [-0.05, 0) is 35.1 Å². The Kier molecular flexibility index (Phi) is 6.96. The number of rotatable bonds is 7. The summed E-state index contributed by atoms with van der Waals surface area (Å²) in [7, 11) is 1.62. The number of carboxylic acids is 1. The van der Waals surface area contributed by atoms with Crippen LogP contribution < -0.4 is 5.32 Å². The number of amides is 2. The van der Waals surface area contributed by atoms with Crippen molar-refractivity contribution in [1.82, 2.24) is 10.2 Å². The molecule has 0 aliphatic heterocycles. The summed E-state index contributed by atoms with van der Waals surface area (Å²) in [4.78, 5) is 37.9. The molecule has 2 N–H and O–H groups in total. The van der Waals surface area contributed by atoms with Crippen LogP contribution in [0.1, 0.15) is 49.1 Å². The van der Waals surface area contributed by atoms with Gasteiger partial charge in [0.25, 0.3) is 0 Å². The zero-order valence-electron chi connectivity index (χ0n) is 18.8. The third kappa shape index (κ3) is 5.02. The van der Waals surface area contributed by atoms with E-state index in [1.165, 1.54) is 16.0 Å². The van der Waals surface area contributed by atoms with Gasteiger partial charge in [-0.1, -0.05) is 61.4 Å². The fourth-order valence-corrected chi connectivity index (χ4v) is 5.05. The van der Waals surface area contributed by atoms with Gasteiger partial charge in [-0.25, -0.2) is 4.79 Å². The van der Waals surface area contributed by atoms with Crippen LogP contribution in [0.5, 0.6) is 0 Å². The van der Waals surface area contributed by atoms with E-state index in [-0.39, 0.29) is 43.4 Å². The highest BCUT2D eigenvalue weighted by molar-refractivity contribution is 5.81. The largest absolute Gasteiger partial charge is 0.481 e. The minimum Gasteiger partial charge on any atom is -0.481 e. The Hall–Kier alpha value is -3.35. The second-order valence-corrected chi connectivity index (χ2v) is 8.87. The molecule has 0 spiro atoms. The van der Waals surface area contributed by atoms with E-state index in [9.17, 15) is 14.4 Å². The van der Waals surface area contributed by atoms with Crippen LogP contribution in [0.2, 0.25) is 0 Å². The Morgan fingerprint density at radius 2 is 1.61 bits per heavy atom. The minimum absolute atomic E-state index is 0.0194. The van der Waals surface area contributed by atoms with Gasteiger partial charge in [-0.15, -0.1) is 0 Å². The highest BCUT2D eigenvalue weighted by atomic mass is 16.5. The van der Waals surface area contributed by atoms with Gasteiger partial charge in [0, 0.05) is 25.6 Å². The van der Waals surface area contributed by atoms with Gasteiger partial charge in [0.1, 0.15) is 6.61 Å². The van der Waals surface area contributed by atoms with Crippen molar-refractivity contribution in [1.29, 1.82) is 0 Å². The number of fused-ring (bicyclic) bond motifs is 3. The van der Waals surface area contributed by atoms with E-state index in [0.29, 0.717) is 12.8 Å². The molecule has 2 atom stereocenters. The molecule has 1 fully saturated rings. The topological polar surface area (TPSA) is 95.9 Å². The normalized spacial score (nSPS) is 19.3. The number of nitrogens with zero attached hydrogens (tertiary/aromatic N) is 1. The molecular formula is C26H30N2O5. The minimum atomic E-state index is -0.938. The van der Waals surface area contributed by atoms with Gasteiger partial charge in [0.05, 0.1) is 12.3 Å². The van der Waals surface area contributed by atoms with Crippen LogP contribution in [0.3, 0.4) is 0 Å². The number of carbonyl (C=O) groups is 3. The predicted molar refractivity (Wildman–Crippen MR) is 124 cm³/mol. The number of hydrogen-bond acceptors (Lipinski definition) is 4. The summed E-state index contributed by atoms with van der Waals surface area (Å²) in [6, 6.07) is 16.0. The summed E-state index contributed by atoms with van der Waals surface area (Å²) >= 11 is 0. The molecule has 0 saturated heterocycles. The number of ether oxygens (including phenoxy) is 1. The molecule has 7 heteroatoms. The molecule has 0 radical (unpaired) electrons. The molecule has 0 bridgehead atoms. The van der Waals surface area contributed by atoms with Crippen molar-refractivity contribution in [3.05, 3.63) is 59.7 Å². The molecule has 0 heterocycles. The van der Waals surface area contributed by atoms with E-state index in [4.69, 9.17) is 9.84 Å². The molecule has 7 nitrogen and oxygen atoms in total. The zero-order chi connectivity index (χ0) is 23.4. The quantitative estimate of drug-likeness (QED) is 0.664. The van der Waals surface area contributed by atoms with Crippen LogP contribution in [0.25, 0.3) is 11.1 Å². The lowest BCUT2D eigenvalue weighted by Crippen LogP contribution is -2.49. The number of carbonyl (C=O) groups excluding carboxylic acids is 2. The molecule has 2 aliphatic carbocycles. The van der Waals surface area contributed by atoms with Crippen LogP contribution in [0.4, 0.5) is 4.79 Å². The Labute approximate surface area is 193 Å². The molecule has 2 aromatic carbocycles. The average molecular weight is 451 g/mol. The molecule has 2 aliphatic rings. The van der Waals surface area contributed by atoms with Crippen molar-refractivity contribution in [2.75, 3.05) is 20.2 Å². The number of benzene rings is 2. The number of carboxylic acid groups (broad SMARTS) is 1. The van der Waals surface area contributed by atoms with E-state index in [2.05, 4.69) is 29.6 Å². The molecule has 2 amide bonds. The Morgan fingerprint density at radius 3 is 2.24 bits per heavy atom. The third-order valence-corrected chi connectivity index (χ3v) is 6.77. The maximum Gasteiger partial charge on any atom is 0.407 e. The van der Waals surface area contributed by atoms with E-state index in [1.807, 2.05) is 24.3 Å². The highest BCUT2D eigenvalue weighted by Gasteiger charge is 2.35. The summed E-state index contributed by atoms with van der Waals surface area (Å²) < 4.78 is 5.66. The van der Waals surface area contributed by atoms with Gasteiger partial charge in [0.15, 0.2) is 0 Å². The zero-order valence-corrected chi connectivity index (χ0v) is 18.8. The van der Waals surface area contributed by atoms with Crippen molar-refractivity contribution < 1.29 is 24.2 Å². The lowest BCUT2D eigenvalue weighted by atomic mass is 9.83. The molecule has 2 aromatic rings. The van der Waals surface area contributed by atoms with Crippen LogP contribution in [0.15, 0.2) is 48.5 Å². The van der Waals surface area contributed by atoms with Crippen molar-refractivity contribution in [3.8, 4) is 11.1 Å². The van der Waals surface area contributed by atoms with Crippen LogP contribution in [0, 0.1) is 5.92 Å². The Balaban J connectivity index is 1.38. The van der Waals surface area contributed by atoms with Crippen LogP contribution >= 0.6 is 0 Å². The summed E-state index contributed by atoms with van der Waals surface area (Å²) in [6.45, 7) is 0.381. The lowest BCUT2D eigenvalue weighted by molar-refractivity contribution is -0.139. The second-order valence-electron chi connectivity index (χ2n) is 8.87.